The Labute approximate surface area is 177 Å². The lowest BCUT2D eigenvalue weighted by molar-refractivity contribution is -0.384. The fourth-order valence-corrected chi connectivity index (χ4v) is 3.76. The predicted octanol–water partition coefficient (Wildman–Crippen LogP) is 4.11. The predicted molar refractivity (Wildman–Crippen MR) is 110 cm³/mol. The quantitative estimate of drug-likeness (QED) is 0.321. The van der Waals surface area contributed by atoms with E-state index in [1.54, 1.807) is 0 Å². The first kappa shape index (κ1) is 22.1. The number of anilines is 2. The van der Waals surface area contributed by atoms with Crippen molar-refractivity contribution in [1.82, 2.24) is 9.97 Å². The highest BCUT2D eigenvalue weighted by Gasteiger charge is 2.23. The van der Waals surface area contributed by atoms with Gasteiger partial charge < -0.3 is 16.4 Å². The number of nitrogens with two attached hydrogens (primary N) is 1. The first-order chi connectivity index (χ1) is 14.4. The average Bonchev–Trinajstić information content (AvgIpc) is 2.75. The highest BCUT2D eigenvalue weighted by molar-refractivity contribution is 6.31. The molecule has 0 spiro atoms. The summed E-state index contributed by atoms with van der Waals surface area (Å²) in [5.74, 6) is -0.396. The van der Waals surface area contributed by atoms with Crippen LogP contribution in [0.15, 0.2) is 18.3 Å². The molecule has 0 bridgehead atoms. The molecule has 0 saturated heterocycles. The normalized spacial score (nSPS) is 18.8. The molecule has 0 amide bonds. The van der Waals surface area contributed by atoms with Gasteiger partial charge in [-0.2, -0.15) is 4.98 Å². The van der Waals surface area contributed by atoms with Gasteiger partial charge in [0.1, 0.15) is 17.8 Å². The van der Waals surface area contributed by atoms with Gasteiger partial charge in [-0.15, -0.1) is 0 Å². The zero-order valence-electron chi connectivity index (χ0n) is 16.2. The molecule has 162 valence electrons. The van der Waals surface area contributed by atoms with E-state index in [2.05, 4.69) is 20.6 Å². The summed E-state index contributed by atoms with van der Waals surface area (Å²) in [6.45, 7) is 1.05. The monoisotopic (exact) mass is 440 g/mol. The number of aromatic nitrogens is 2. The molecule has 2 aromatic rings. The van der Waals surface area contributed by atoms with Gasteiger partial charge in [-0.05, 0) is 56.2 Å². The van der Waals surface area contributed by atoms with Crippen molar-refractivity contribution in [1.29, 1.82) is 0 Å². The largest absolute Gasteiger partial charge is 0.364 e. The van der Waals surface area contributed by atoms with Gasteiger partial charge in [0, 0.05) is 18.7 Å². The van der Waals surface area contributed by atoms with Gasteiger partial charge in [-0.1, -0.05) is 11.6 Å². The lowest BCUT2D eigenvalue weighted by Gasteiger charge is -2.27. The Morgan fingerprint density at radius 1 is 1.17 bits per heavy atom. The van der Waals surface area contributed by atoms with Gasteiger partial charge >= 0.3 is 5.69 Å². The number of nitrogens with one attached hydrogen (secondary N) is 2. The summed E-state index contributed by atoms with van der Waals surface area (Å²) in [5.41, 5.74) is 5.38. The minimum Gasteiger partial charge on any atom is -0.364 e. The fraction of sp³-hybridized carbons (Fsp3) is 0.474. The summed E-state index contributed by atoms with van der Waals surface area (Å²) in [5, 5.41) is 16.8. The van der Waals surface area contributed by atoms with Crippen molar-refractivity contribution < 1.29 is 13.7 Å². The van der Waals surface area contributed by atoms with Crippen molar-refractivity contribution in [2.24, 2.45) is 17.6 Å². The third-order valence-electron chi connectivity index (χ3n) is 5.39. The molecular weight excluding hydrogens is 418 g/mol. The Bertz CT molecular complexity index is 909. The van der Waals surface area contributed by atoms with Gasteiger partial charge in [-0.3, -0.25) is 10.1 Å². The van der Waals surface area contributed by atoms with Crippen LogP contribution in [0.1, 0.15) is 31.2 Å². The molecule has 1 aliphatic rings. The van der Waals surface area contributed by atoms with Crippen LogP contribution < -0.4 is 16.4 Å². The van der Waals surface area contributed by atoms with Crippen molar-refractivity contribution in [3.8, 4) is 0 Å². The molecule has 30 heavy (non-hydrogen) atoms. The molecule has 0 radical (unpaired) electrons. The van der Waals surface area contributed by atoms with Crippen molar-refractivity contribution >= 4 is 29.1 Å². The van der Waals surface area contributed by atoms with Gasteiger partial charge in [-0.25, -0.2) is 13.8 Å². The van der Waals surface area contributed by atoms with E-state index in [0.29, 0.717) is 24.9 Å². The average molecular weight is 441 g/mol. The molecule has 8 nitrogen and oxygen atoms in total. The van der Waals surface area contributed by atoms with Crippen LogP contribution in [0.5, 0.6) is 0 Å². The second-order valence-corrected chi connectivity index (χ2v) is 7.74. The van der Waals surface area contributed by atoms with Gasteiger partial charge in [0.05, 0.1) is 9.95 Å². The molecule has 1 saturated carbocycles. The number of rotatable bonds is 8. The molecule has 11 heteroatoms. The molecule has 0 atom stereocenters. The Kier molecular flexibility index (Phi) is 7.33. The number of halogens is 3. The Morgan fingerprint density at radius 2 is 1.83 bits per heavy atom. The zero-order chi connectivity index (χ0) is 21.7. The number of hydrogen-bond donors (Lipinski definition) is 3. The van der Waals surface area contributed by atoms with E-state index in [1.807, 2.05) is 0 Å². The second-order valence-electron chi connectivity index (χ2n) is 7.36. The van der Waals surface area contributed by atoms with Crippen molar-refractivity contribution in [3.63, 3.8) is 0 Å². The van der Waals surface area contributed by atoms with Crippen molar-refractivity contribution in [2.45, 2.75) is 32.2 Å². The topological polar surface area (TPSA) is 119 Å². The molecule has 4 N–H and O–H groups in total. The van der Waals surface area contributed by atoms with E-state index in [-0.39, 0.29) is 34.6 Å². The van der Waals surface area contributed by atoms with Crippen LogP contribution in [0.3, 0.4) is 0 Å². The first-order valence-electron chi connectivity index (χ1n) is 9.70. The van der Waals surface area contributed by atoms with E-state index < -0.39 is 16.6 Å². The zero-order valence-corrected chi connectivity index (χ0v) is 17.0. The molecule has 1 fully saturated rings. The van der Waals surface area contributed by atoms with Crippen LogP contribution in [-0.2, 0) is 6.54 Å². The van der Waals surface area contributed by atoms with E-state index >= 15 is 0 Å². The first-order valence-corrected chi connectivity index (χ1v) is 10.1. The lowest BCUT2D eigenvalue weighted by Crippen LogP contribution is -2.25. The number of nitro groups is 1. The van der Waals surface area contributed by atoms with Crippen LogP contribution in [0.4, 0.5) is 26.2 Å². The van der Waals surface area contributed by atoms with Crippen LogP contribution >= 0.6 is 11.6 Å². The molecule has 1 aromatic heterocycles. The molecule has 1 heterocycles. The third-order valence-corrected chi connectivity index (χ3v) is 5.79. The number of hydrogen-bond acceptors (Lipinski definition) is 7. The van der Waals surface area contributed by atoms with Gasteiger partial charge in [0.25, 0.3) is 0 Å². The second kappa shape index (κ2) is 9.94. The Morgan fingerprint density at radius 3 is 2.50 bits per heavy atom. The standard InChI is InChI=1S/C19H23ClF2N6O2/c20-17-13(14(21)5-6-15(17)22)9-25-19-26-10-16(28(29)30)18(27-19)24-8-12-3-1-11(7-23)2-4-12/h5-6,10-12H,1-4,7-9,23H2,(H2,24,25,26,27). The Hall–Kier alpha value is -2.59. The van der Waals surface area contributed by atoms with E-state index in [9.17, 15) is 18.9 Å². The maximum absolute atomic E-state index is 13.9. The third kappa shape index (κ3) is 5.31. The molecule has 0 aliphatic heterocycles. The molecular formula is C19H23ClF2N6O2. The van der Waals surface area contributed by atoms with Gasteiger partial charge in [0.2, 0.25) is 11.8 Å². The molecule has 0 unspecified atom stereocenters. The highest BCUT2D eigenvalue weighted by Crippen LogP contribution is 2.30. The van der Waals surface area contributed by atoms with Crippen LogP contribution in [-0.4, -0.2) is 28.0 Å². The van der Waals surface area contributed by atoms with E-state index in [1.165, 1.54) is 0 Å². The summed E-state index contributed by atoms with van der Waals surface area (Å²) >= 11 is 5.81. The SMILES string of the molecule is NCC1CCC(CNc2nc(NCc3c(F)ccc(F)c3Cl)ncc2[N+](=O)[O-])CC1. The molecule has 3 rings (SSSR count). The van der Waals surface area contributed by atoms with Crippen LogP contribution in [0.25, 0.3) is 0 Å². The number of benzene rings is 1. The summed E-state index contributed by atoms with van der Waals surface area (Å²) in [7, 11) is 0. The summed E-state index contributed by atoms with van der Waals surface area (Å²) in [4.78, 5) is 18.8. The van der Waals surface area contributed by atoms with E-state index in [4.69, 9.17) is 17.3 Å². The number of nitrogens with zero attached hydrogens (tertiary/aromatic N) is 3. The van der Waals surface area contributed by atoms with Crippen LogP contribution in [0.2, 0.25) is 5.02 Å². The van der Waals surface area contributed by atoms with Gasteiger partial charge in [0.15, 0.2) is 0 Å². The fourth-order valence-electron chi connectivity index (χ4n) is 3.54. The molecule has 1 aliphatic carbocycles. The minimum absolute atomic E-state index is 0.0367. The van der Waals surface area contributed by atoms with Crippen LogP contribution in [0, 0.1) is 33.6 Å². The summed E-state index contributed by atoms with van der Waals surface area (Å²) in [6, 6.07) is 1.91. The van der Waals surface area contributed by atoms with Crippen molar-refractivity contribution in [2.75, 3.05) is 23.7 Å². The lowest BCUT2D eigenvalue weighted by atomic mass is 9.82. The maximum atomic E-state index is 13.9. The van der Waals surface area contributed by atoms with E-state index in [0.717, 1.165) is 44.0 Å². The Balaban J connectivity index is 1.69. The summed E-state index contributed by atoms with van der Waals surface area (Å²) in [6.07, 6.45) is 5.15. The molecule has 1 aromatic carbocycles. The highest BCUT2D eigenvalue weighted by atomic mass is 35.5. The minimum atomic E-state index is -0.744. The smallest absolute Gasteiger partial charge is 0.329 e. The van der Waals surface area contributed by atoms with Crippen molar-refractivity contribution in [3.05, 3.63) is 50.7 Å². The summed E-state index contributed by atoms with van der Waals surface area (Å²) < 4.78 is 27.5. The maximum Gasteiger partial charge on any atom is 0.329 e.